The smallest absolute Gasteiger partial charge is 0.446 e. The number of benzene rings is 1. The van der Waals surface area contributed by atoms with E-state index in [9.17, 15) is 26.7 Å². The van der Waals surface area contributed by atoms with Crippen LogP contribution in [0.25, 0.3) is 0 Å². The highest BCUT2D eigenvalue weighted by Gasteiger charge is 2.32. The van der Waals surface area contributed by atoms with Crippen LogP contribution in [0.3, 0.4) is 0 Å². The zero-order chi connectivity index (χ0) is 17.6. The molecule has 0 saturated carbocycles. The van der Waals surface area contributed by atoms with Gasteiger partial charge >= 0.3 is 18.1 Å². The van der Waals surface area contributed by atoms with Crippen molar-refractivity contribution >= 4 is 17.7 Å². The lowest BCUT2D eigenvalue weighted by atomic mass is 10.1. The monoisotopic (exact) mass is 355 g/mol. The maximum absolute atomic E-state index is 12.5. The Morgan fingerprint density at radius 1 is 1.39 bits per heavy atom. The molecule has 0 fully saturated rings. The summed E-state index contributed by atoms with van der Waals surface area (Å²) in [5, 5.41) is 9.00. The molecule has 10 heteroatoms. The third-order valence-electron chi connectivity index (χ3n) is 2.39. The Hall–Kier alpha value is -2.02. The van der Waals surface area contributed by atoms with E-state index in [2.05, 4.69) is 9.47 Å². The summed E-state index contributed by atoms with van der Waals surface area (Å²) in [5.41, 5.74) is -5.59. The van der Waals surface area contributed by atoms with Crippen LogP contribution in [0.15, 0.2) is 17.0 Å². The molecule has 0 aliphatic carbocycles. The number of nitrogens with zero attached hydrogens (tertiary/aromatic N) is 1. The number of thioether (sulfide) groups is 1. The van der Waals surface area contributed by atoms with Gasteiger partial charge in [0.2, 0.25) is 0 Å². The van der Waals surface area contributed by atoms with Crippen molar-refractivity contribution in [3.63, 3.8) is 0 Å². The fraction of sp³-hybridized carbons (Fsp3) is 0.385. The fourth-order valence-corrected chi connectivity index (χ4v) is 2.28. The molecule has 23 heavy (non-hydrogen) atoms. The second kappa shape index (κ2) is 8.01. The van der Waals surface area contributed by atoms with Crippen LogP contribution in [0.5, 0.6) is 5.75 Å². The SMILES string of the molecule is CCOC(=O)Cc1ccc(SC(F)(F)F)c(C#N)c1OC(F)F. The molecule has 0 unspecified atom stereocenters. The van der Waals surface area contributed by atoms with Gasteiger partial charge in [-0.05, 0) is 24.8 Å². The molecule has 0 amide bonds. The summed E-state index contributed by atoms with van der Waals surface area (Å²) < 4.78 is 71.1. The lowest BCUT2D eigenvalue weighted by Crippen LogP contribution is -2.12. The van der Waals surface area contributed by atoms with Crippen molar-refractivity contribution < 1.29 is 36.2 Å². The van der Waals surface area contributed by atoms with Crippen LogP contribution >= 0.6 is 11.8 Å². The number of halogens is 5. The zero-order valence-electron chi connectivity index (χ0n) is 11.6. The highest BCUT2D eigenvalue weighted by molar-refractivity contribution is 8.00. The number of nitriles is 1. The number of hydrogen-bond acceptors (Lipinski definition) is 5. The molecule has 0 radical (unpaired) electrons. The summed E-state index contributed by atoms with van der Waals surface area (Å²) >= 11 is -0.633. The first kappa shape index (κ1) is 19.0. The van der Waals surface area contributed by atoms with Crippen molar-refractivity contribution in [2.75, 3.05) is 6.61 Å². The Morgan fingerprint density at radius 2 is 2.04 bits per heavy atom. The number of carbonyl (C=O) groups excluding carboxylic acids is 1. The molecule has 0 heterocycles. The zero-order valence-corrected chi connectivity index (χ0v) is 12.4. The van der Waals surface area contributed by atoms with E-state index < -0.39 is 52.5 Å². The van der Waals surface area contributed by atoms with Gasteiger partial charge in [0.1, 0.15) is 17.4 Å². The molecule has 0 aromatic heterocycles. The van der Waals surface area contributed by atoms with Crippen molar-refractivity contribution in [3.05, 3.63) is 23.3 Å². The van der Waals surface area contributed by atoms with Crippen LogP contribution in [-0.2, 0) is 16.0 Å². The normalized spacial score (nSPS) is 11.2. The van der Waals surface area contributed by atoms with E-state index in [1.165, 1.54) is 13.0 Å². The average Bonchev–Trinajstić information content (AvgIpc) is 2.40. The number of ether oxygens (including phenoxy) is 2. The molecule has 4 nitrogen and oxygen atoms in total. The minimum atomic E-state index is -4.71. The standard InChI is InChI=1S/C13H10F5NO3S/c1-2-21-10(20)5-7-3-4-9(23-13(16,17)18)8(6-19)11(7)22-12(14)15/h3-4,12H,2,5H2,1H3. The highest BCUT2D eigenvalue weighted by Crippen LogP contribution is 2.42. The maximum Gasteiger partial charge on any atom is 0.446 e. The summed E-state index contributed by atoms with van der Waals surface area (Å²) in [6.07, 6.45) is -0.512. The molecule has 0 bridgehead atoms. The van der Waals surface area contributed by atoms with Crippen LogP contribution in [0.4, 0.5) is 22.0 Å². The van der Waals surface area contributed by atoms with E-state index in [1.807, 2.05) is 0 Å². The summed E-state index contributed by atoms with van der Waals surface area (Å²) in [6, 6.07) is 3.34. The molecule has 126 valence electrons. The van der Waals surface area contributed by atoms with E-state index in [0.29, 0.717) is 0 Å². The quantitative estimate of drug-likeness (QED) is 0.440. The summed E-state index contributed by atoms with van der Waals surface area (Å²) in [4.78, 5) is 10.8. The maximum atomic E-state index is 12.5. The third-order valence-corrected chi connectivity index (χ3v) is 3.18. The lowest BCUT2D eigenvalue weighted by Gasteiger charge is -2.15. The van der Waals surface area contributed by atoms with Crippen LogP contribution in [0, 0.1) is 11.3 Å². The van der Waals surface area contributed by atoms with Crippen molar-refractivity contribution in [3.8, 4) is 11.8 Å². The van der Waals surface area contributed by atoms with Gasteiger partial charge in [0, 0.05) is 10.5 Å². The number of hydrogen-bond donors (Lipinski definition) is 0. The topological polar surface area (TPSA) is 59.3 Å². The molecule has 0 aliphatic rings. The van der Waals surface area contributed by atoms with Gasteiger partial charge in [-0.25, -0.2) is 0 Å². The highest BCUT2D eigenvalue weighted by atomic mass is 32.2. The third kappa shape index (κ3) is 5.94. The van der Waals surface area contributed by atoms with Gasteiger partial charge in [-0.1, -0.05) is 6.07 Å². The fourth-order valence-electron chi connectivity index (χ4n) is 1.65. The average molecular weight is 355 g/mol. The van der Waals surface area contributed by atoms with Gasteiger partial charge in [-0.15, -0.1) is 0 Å². The van der Waals surface area contributed by atoms with Crippen LogP contribution < -0.4 is 4.74 Å². The Labute approximate surface area is 132 Å². The van der Waals surface area contributed by atoms with Gasteiger partial charge in [0.05, 0.1) is 13.0 Å². The second-order valence-electron chi connectivity index (χ2n) is 3.95. The second-order valence-corrected chi connectivity index (χ2v) is 5.05. The molecule has 0 aliphatic heterocycles. The molecule has 1 rings (SSSR count). The van der Waals surface area contributed by atoms with Crippen LogP contribution in [0.2, 0.25) is 0 Å². The Kier molecular flexibility index (Phi) is 6.62. The first-order chi connectivity index (χ1) is 10.7. The lowest BCUT2D eigenvalue weighted by molar-refractivity contribution is -0.142. The van der Waals surface area contributed by atoms with Gasteiger partial charge in [0.25, 0.3) is 0 Å². The number of rotatable bonds is 6. The molecule has 0 saturated heterocycles. The molecule has 1 aromatic carbocycles. The van der Waals surface area contributed by atoms with Gasteiger partial charge in [-0.3, -0.25) is 4.79 Å². The first-order valence-corrected chi connectivity index (χ1v) is 6.91. The summed E-state index contributed by atoms with van der Waals surface area (Å²) in [6.45, 7) is -1.80. The van der Waals surface area contributed by atoms with Crippen LogP contribution in [-0.4, -0.2) is 24.7 Å². The van der Waals surface area contributed by atoms with Crippen LogP contribution in [0.1, 0.15) is 18.1 Å². The van der Waals surface area contributed by atoms with E-state index in [4.69, 9.17) is 5.26 Å². The van der Waals surface area contributed by atoms with E-state index in [-0.39, 0.29) is 12.2 Å². The predicted molar refractivity (Wildman–Crippen MR) is 70.0 cm³/mol. The Morgan fingerprint density at radius 3 is 2.52 bits per heavy atom. The van der Waals surface area contributed by atoms with Crippen molar-refractivity contribution in [2.45, 2.75) is 30.4 Å². The van der Waals surface area contributed by atoms with Crippen molar-refractivity contribution in [1.82, 2.24) is 0 Å². The van der Waals surface area contributed by atoms with Crippen molar-refractivity contribution in [1.29, 1.82) is 5.26 Å². The van der Waals surface area contributed by atoms with E-state index in [1.54, 1.807) is 0 Å². The minimum absolute atomic E-state index is 0.0387. The molecule has 1 aromatic rings. The Balaban J connectivity index is 3.31. The number of alkyl halides is 5. The predicted octanol–water partition coefficient (Wildman–Crippen LogP) is 3.88. The van der Waals surface area contributed by atoms with Crippen molar-refractivity contribution in [2.24, 2.45) is 0 Å². The molecular weight excluding hydrogens is 345 g/mol. The van der Waals surface area contributed by atoms with E-state index in [0.717, 1.165) is 12.1 Å². The number of carbonyl (C=O) groups is 1. The first-order valence-electron chi connectivity index (χ1n) is 6.10. The Bertz CT molecular complexity index is 613. The molecule has 0 N–H and O–H groups in total. The molecule has 0 spiro atoms. The van der Waals surface area contributed by atoms with Gasteiger partial charge in [0.15, 0.2) is 0 Å². The largest absolute Gasteiger partial charge is 0.466 e. The van der Waals surface area contributed by atoms with Gasteiger partial charge in [-0.2, -0.15) is 27.2 Å². The number of esters is 1. The molecular formula is C13H10F5NO3S. The molecule has 0 atom stereocenters. The van der Waals surface area contributed by atoms with E-state index >= 15 is 0 Å². The minimum Gasteiger partial charge on any atom is -0.466 e. The summed E-state index contributed by atoms with van der Waals surface area (Å²) in [5.74, 6) is -1.54. The van der Waals surface area contributed by atoms with Gasteiger partial charge < -0.3 is 9.47 Å². The summed E-state index contributed by atoms with van der Waals surface area (Å²) in [7, 11) is 0.